The Kier molecular flexibility index (Phi) is 11.9. The topological polar surface area (TPSA) is 133 Å². The van der Waals surface area contributed by atoms with Gasteiger partial charge in [-0.05, 0) is 70.3 Å². The van der Waals surface area contributed by atoms with Crippen LogP contribution in [0, 0.1) is 23.8 Å². The Labute approximate surface area is 264 Å². The van der Waals surface area contributed by atoms with Gasteiger partial charge in [-0.3, -0.25) is 9.69 Å². The van der Waals surface area contributed by atoms with Crippen LogP contribution in [0.5, 0.6) is 0 Å². The number of carbonyl (C=O) groups is 2. The Bertz CT molecular complexity index is 1430. The molecule has 0 aliphatic heterocycles. The molecule has 0 saturated carbocycles. The molecule has 2 rings (SSSR count). The van der Waals surface area contributed by atoms with E-state index in [1.54, 1.807) is 54.7 Å². The number of nitrogens with zero attached hydrogens (tertiary/aromatic N) is 4. The highest BCUT2D eigenvalue weighted by molar-refractivity contribution is 6.90. The van der Waals surface area contributed by atoms with Crippen molar-refractivity contribution in [3.63, 3.8) is 0 Å². The zero-order valence-corrected chi connectivity index (χ0v) is 30.0. The summed E-state index contributed by atoms with van der Waals surface area (Å²) >= 11 is 0. The first kappa shape index (κ1) is 36.4. The lowest BCUT2D eigenvalue weighted by Gasteiger charge is -2.38. The van der Waals surface area contributed by atoms with Crippen LogP contribution in [0.15, 0.2) is 12.1 Å². The van der Waals surface area contributed by atoms with E-state index in [-0.39, 0.29) is 5.82 Å². The summed E-state index contributed by atoms with van der Waals surface area (Å²) in [7, 11) is 1.20. The highest BCUT2D eigenvalue weighted by atomic mass is 28.3. The molecule has 11 heteroatoms. The van der Waals surface area contributed by atoms with E-state index in [9.17, 15) is 9.59 Å². The Morgan fingerprint density at radius 2 is 1.57 bits per heavy atom. The predicted octanol–water partition coefficient (Wildman–Crippen LogP) is 7.04. The molecule has 0 radical (unpaired) electrons. The number of aromatic nitrogens is 3. The molecule has 0 aliphatic carbocycles. The van der Waals surface area contributed by atoms with E-state index in [1.807, 2.05) is 6.07 Å². The van der Waals surface area contributed by atoms with E-state index in [1.165, 1.54) is 11.9 Å². The molecule has 10 nitrogen and oxygen atoms in total. The van der Waals surface area contributed by atoms with Crippen LogP contribution < -0.4 is 10.6 Å². The second kappa shape index (κ2) is 14.3. The third-order valence-corrected chi connectivity index (χ3v) is 14.2. The minimum Gasteiger partial charge on any atom is -0.444 e. The molecular formula is C33H51N7O3Si. The molecule has 0 aromatic carbocycles. The maximum Gasteiger partial charge on any atom is 0.410 e. The number of hydrogen-bond acceptors (Lipinski definition) is 8. The van der Waals surface area contributed by atoms with E-state index < -0.39 is 31.7 Å². The third-order valence-electron chi connectivity index (χ3n) is 7.89. The Morgan fingerprint density at radius 1 is 1.00 bits per heavy atom. The van der Waals surface area contributed by atoms with Crippen molar-refractivity contribution in [1.29, 1.82) is 5.41 Å². The van der Waals surface area contributed by atoms with E-state index in [2.05, 4.69) is 68.6 Å². The molecule has 0 saturated heterocycles. The normalized spacial score (nSPS) is 12.5. The van der Waals surface area contributed by atoms with Crippen molar-refractivity contribution in [2.24, 2.45) is 0 Å². The van der Waals surface area contributed by atoms with Crippen molar-refractivity contribution in [2.45, 2.75) is 111 Å². The maximum absolute atomic E-state index is 13.4. The fourth-order valence-corrected chi connectivity index (χ4v) is 10.8. The zero-order valence-electron chi connectivity index (χ0n) is 29.0. The SMILES string of the molecule is CNc1c(C(C)=N)nc(C)nc1-c1cc(C#C[Si](C(C)C)(C(C)C)C(C)C)nc(NC(=O)C(C)N(C)C(=O)OC(C)(C)C)c1. The highest BCUT2D eigenvalue weighted by Crippen LogP contribution is 2.41. The van der Waals surface area contributed by atoms with Crippen LogP contribution in [0.4, 0.5) is 16.3 Å². The van der Waals surface area contributed by atoms with Gasteiger partial charge in [-0.25, -0.2) is 19.7 Å². The fourth-order valence-electron chi connectivity index (χ4n) is 5.59. The molecular weight excluding hydrogens is 570 g/mol. The van der Waals surface area contributed by atoms with E-state index in [0.29, 0.717) is 56.5 Å². The molecule has 2 heterocycles. The van der Waals surface area contributed by atoms with Gasteiger partial charge >= 0.3 is 6.09 Å². The van der Waals surface area contributed by atoms with E-state index in [4.69, 9.17) is 20.1 Å². The fraction of sp³-hybridized carbons (Fsp3) is 0.576. The molecule has 0 spiro atoms. The number of likely N-dealkylation sites (N-methyl/N-ethyl adjacent to an activating group) is 1. The lowest BCUT2D eigenvalue weighted by Crippen LogP contribution is -2.45. The molecule has 0 fully saturated rings. The standard InChI is InChI=1S/C33H51N7O3Si/c1-19(2)44(20(3)4,21(5)6)16-15-26-17-25(29-30(35-13)28(22(7)34)36-24(9)37-29)18-27(38-26)39-31(41)23(8)40(14)32(42)43-33(10,11)12/h17-21,23,34-35H,1-14H3,(H,38,39,41). The van der Waals surface area contributed by atoms with Gasteiger partial charge in [-0.2, -0.15) is 0 Å². The van der Waals surface area contributed by atoms with Crippen LogP contribution in [-0.4, -0.2) is 71.4 Å². The molecule has 0 aliphatic rings. The van der Waals surface area contributed by atoms with E-state index >= 15 is 0 Å². The Morgan fingerprint density at radius 3 is 2.05 bits per heavy atom. The van der Waals surface area contributed by atoms with Gasteiger partial charge in [0, 0.05) is 19.7 Å². The number of aryl methyl sites for hydroxylation is 1. The number of carbonyl (C=O) groups excluding carboxylic acids is 2. The summed E-state index contributed by atoms with van der Waals surface area (Å²) in [4.78, 5) is 41.2. The van der Waals surface area contributed by atoms with Crippen LogP contribution in [0.25, 0.3) is 11.3 Å². The van der Waals surface area contributed by atoms with Crippen LogP contribution >= 0.6 is 0 Å². The number of hydrogen-bond donors (Lipinski definition) is 3. The van der Waals surface area contributed by atoms with Crippen molar-refractivity contribution < 1.29 is 14.3 Å². The van der Waals surface area contributed by atoms with Crippen molar-refractivity contribution in [2.75, 3.05) is 24.7 Å². The molecule has 3 N–H and O–H groups in total. The minimum atomic E-state index is -2.08. The second-order valence-electron chi connectivity index (χ2n) is 13.2. The predicted molar refractivity (Wildman–Crippen MR) is 182 cm³/mol. The molecule has 240 valence electrons. The number of nitrogens with one attached hydrogen (secondary N) is 3. The lowest BCUT2D eigenvalue weighted by atomic mass is 10.1. The summed E-state index contributed by atoms with van der Waals surface area (Å²) in [5.74, 6) is 3.75. The summed E-state index contributed by atoms with van der Waals surface area (Å²) < 4.78 is 5.44. The molecule has 44 heavy (non-hydrogen) atoms. The van der Waals surface area contributed by atoms with Crippen molar-refractivity contribution in [3.05, 3.63) is 29.3 Å². The number of anilines is 2. The molecule has 2 aromatic rings. The Hall–Kier alpha value is -3.78. The van der Waals surface area contributed by atoms with Gasteiger partial charge in [0.05, 0.1) is 17.1 Å². The van der Waals surface area contributed by atoms with Crippen LogP contribution in [0.1, 0.15) is 93.4 Å². The summed E-state index contributed by atoms with van der Waals surface area (Å²) in [6, 6.07) is 2.76. The van der Waals surface area contributed by atoms with Crippen LogP contribution in [0.3, 0.4) is 0 Å². The number of ether oxygens (including phenoxy) is 1. The first-order chi connectivity index (χ1) is 20.2. The maximum atomic E-state index is 13.4. The minimum absolute atomic E-state index is 0.276. The van der Waals surface area contributed by atoms with Crippen molar-refractivity contribution >= 4 is 37.3 Å². The molecule has 1 atom stereocenters. The monoisotopic (exact) mass is 621 g/mol. The van der Waals surface area contributed by atoms with Gasteiger partial charge in [0.15, 0.2) is 0 Å². The summed E-state index contributed by atoms with van der Waals surface area (Å²) in [5.41, 5.74) is 7.42. The Balaban J connectivity index is 2.75. The molecule has 1 unspecified atom stereocenters. The largest absolute Gasteiger partial charge is 0.444 e. The van der Waals surface area contributed by atoms with Gasteiger partial charge < -0.3 is 20.8 Å². The van der Waals surface area contributed by atoms with Gasteiger partial charge in [0.1, 0.15) is 42.7 Å². The second-order valence-corrected chi connectivity index (χ2v) is 18.8. The third kappa shape index (κ3) is 8.44. The first-order valence-electron chi connectivity index (χ1n) is 15.2. The first-order valence-corrected chi connectivity index (χ1v) is 17.4. The molecule has 0 bridgehead atoms. The average molecular weight is 622 g/mol. The summed E-state index contributed by atoms with van der Waals surface area (Å²) in [6.45, 7) is 23.9. The number of rotatable bonds is 9. The van der Waals surface area contributed by atoms with Crippen LogP contribution in [-0.2, 0) is 9.53 Å². The number of pyridine rings is 1. The summed E-state index contributed by atoms with van der Waals surface area (Å²) in [6.07, 6.45) is -0.601. The molecule has 2 amide bonds. The molecule has 2 aromatic heterocycles. The smallest absolute Gasteiger partial charge is 0.410 e. The lowest BCUT2D eigenvalue weighted by molar-refractivity contribution is -0.120. The zero-order chi connectivity index (χ0) is 33.7. The number of amides is 2. The van der Waals surface area contributed by atoms with Gasteiger partial charge in [-0.15, -0.1) is 5.54 Å². The van der Waals surface area contributed by atoms with Crippen LogP contribution in [0.2, 0.25) is 16.6 Å². The van der Waals surface area contributed by atoms with Gasteiger partial charge in [0.25, 0.3) is 0 Å². The van der Waals surface area contributed by atoms with Gasteiger partial charge in [-0.1, -0.05) is 47.5 Å². The summed E-state index contributed by atoms with van der Waals surface area (Å²) in [5, 5.41) is 14.3. The quantitative estimate of drug-likeness (QED) is 0.155. The van der Waals surface area contributed by atoms with E-state index in [0.717, 1.165) is 0 Å². The average Bonchev–Trinajstić information content (AvgIpc) is 2.90. The van der Waals surface area contributed by atoms with Crippen molar-refractivity contribution in [3.8, 4) is 22.7 Å². The highest BCUT2D eigenvalue weighted by Gasteiger charge is 2.41. The van der Waals surface area contributed by atoms with Gasteiger partial charge in [0.2, 0.25) is 5.91 Å². The van der Waals surface area contributed by atoms with Crippen molar-refractivity contribution in [1.82, 2.24) is 19.9 Å².